The third-order valence-corrected chi connectivity index (χ3v) is 5.65. The van der Waals surface area contributed by atoms with Crippen LogP contribution in [0.2, 0.25) is 0 Å². The van der Waals surface area contributed by atoms with Crippen molar-refractivity contribution in [3.8, 4) is 5.75 Å². The molecule has 5 heteroatoms. The average molecular weight is 387 g/mol. The molecule has 0 spiro atoms. The first-order valence-electron chi connectivity index (χ1n) is 9.66. The van der Waals surface area contributed by atoms with Gasteiger partial charge < -0.3 is 15.2 Å². The van der Waals surface area contributed by atoms with E-state index >= 15 is 0 Å². The van der Waals surface area contributed by atoms with E-state index in [4.69, 9.17) is 4.74 Å². The zero-order chi connectivity index (χ0) is 18.9. The molecule has 0 aliphatic carbocycles. The van der Waals surface area contributed by atoms with Gasteiger partial charge in [0.2, 0.25) is 0 Å². The molecule has 4 nitrogen and oxygen atoms in total. The smallest absolute Gasteiger partial charge is 0.123 e. The molecule has 0 radical (unpaired) electrons. The second-order valence-corrected chi connectivity index (χ2v) is 8.30. The van der Waals surface area contributed by atoms with Crippen molar-refractivity contribution in [2.45, 2.75) is 26.1 Å². The highest BCUT2D eigenvalue weighted by Crippen LogP contribution is 2.18. The van der Waals surface area contributed by atoms with Crippen molar-refractivity contribution >= 4 is 11.8 Å². The van der Waals surface area contributed by atoms with E-state index in [-0.39, 0.29) is 0 Å². The predicted molar refractivity (Wildman–Crippen MR) is 113 cm³/mol. The number of aliphatic hydroxyl groups excluding tert-OH is 1. The Labute approximate surface area is 166 Å². The summed E-state index contributed by atoms with van der Waals surface area (Å²) in [7, 11) is 0. The van der Waals surface area contributed by atoms with Gasteiger partial charge in [-0.05, 0) is 18.6 Å². The van der Waals surface area contributed by atoms with Crippen molar-refractivity contribution in [3.05, 3.63) is 65.2 Å². The van der Waals surface area contributed by atoms with Gasteiger partial charge in [0, 0.05) is 49.8 Å². The maximum atomic E-state index is 10.3. The second kappa shape index (κ2) is 10.7. The molecular weight excluding hydrogens is 356 g/mol. The number of nitrogens with zero attached hydrogens (tertiary/aromatic N) is 1. The molecular formula is C22H30N2O2S. The van der Waals surface area contributed by atoms with E-state index in [1.165, 1.54) is 11.1 Å². The normalized spacial score (nSPS) is 16.2. The number of rotatable bonds is 9. The maximum absolute atomic E-state index is 10.3. The van der Waals surface area contributed by atoms with E-state index in [9.17, 15) is 5.11 Å². The van der Waals surface area contributed by atoms with Crippen molar-refractivity contribution in [1.82, 2.24) is 10.2 Å². The molecule has 0 unspecified atom stereocenters. The number of thioether (sulfide) groups is 1. The summed E-state index contributed by atoms with van der Waals surface area (Å²) in [6.07, 6.45) is -0.457. The number of aryl methyl sites for hydroxylation is 1. The van der Waals surface area contributed by atoms with Gasteiger partial charge in [-0.1, -0.05) is 48.0 Å². The Morgan fingerprint density at radius 1 is 1.11 bits per heavy atom. The van der Waals surface area contributed by atoms with Crippen LogP contribution in [0.4, 0.5) is 0 Å². The Balaban J connectivity index is 1.46. The summed E-state index contributed by atoms with van der Waals surface area (Å²) in [6, 6.07) is 16.6. The molecule has 1 heterocycles. The minimum atomic E-state index is -0.457. The summed E-state index contributed by atoms with van der Waals surface area (Å²) in [4.78, 5) is 2.32. The Kier molecular flexibility index (Phi) is 8.02. The van der Waals surface area contributed by atoms with Gasteiger partial charge in [0.05, 0.1) is 0 Å². The molecule has 1 saturated heterocycles. The van der Waals surface area contributed by atoms with Gasteiger partial charge in [0.1, 0.15) is 18.5 Å². The molecule has 0 saturated carbocycles. The zero-order valence-corrected chi connectivity index (χ0v) is 16.9. The minimum absolute atomic E-state index is 0.332. The molecule has 2 N–H and O–H groups in total. The average Bonchev–Trinajstić information content (AvgIpc) is 2.68. The summed E-state index contributed by atoms with van der Waals surface area (Å²) < 4.78 is 5.94. The molecule has 2 aromatic carbocycles. The topological polar surface area (TPSA) is 44.7 Å². The SMILES string of the molecule is Cc1cccc(CNCc2ccccc2OC[C@H](O)CN2CCSCC2)c1. The lowest BCUT2D eigenvalue weighted by Gasteiger charge is -2.28. The lowest BCUT2D eigenvalue weighted by molar-refractivity contribution is 0.0711. The Morgan fingerprint density at radius 2 is 1.93 bits per heavy atom. The molecule has 1 fully saturated rings. The summed E-state index contributed by atoms with van der Waals surface area (Å²) in [5.41, 5.74) is 3.68. The fourth-order valence-electron chi connectivity index (χ4n) is 3.27. The molecule has 1 atom stereocenters. The van der Waals surface area contributed by atoms with Crippen LogP contribution in [0.1, 0.15) is 16.7 Å². The lowest BCUT2D eigenvalue weighted by atomic mass is 10.1. The van der Waals surface area contributed by atoms with Gasteiger partial charge in [-0.15, -0.1) is 0 Å². The van der Waals surface area contributed by atoms with Crippen LogP contribution in [0, 0.1) is 6.92 Å². The number of para-hydroxylation sites is 1. The van der Waals surface area contributed by atoms with Crippen LogP contribution in [0.25, 0.3) is 0 Å². The van der Waals surface area contributed by atoms with Crippen molar-refractivity contribution in [1.29, 1.82) is 0 Å². The molecule has 1 aliphatic rings. The standard InChI is InChI=1S/C22H30N2O2S/c1-18-5-4-6-19(13-18)14-23-15-20-7-2-3-8-22(20)26-17-21(25)16-24-9-11-27-12-10-24/h2-8,13,21,23,25H,9-12,14-17H2,1H3/t21-/m1/s1. The summed E-state index contributed by atoms with van der Waals surface area (Å²) in [5.74, 6) is 3.16. The van der Waals surface area contributed by atoms with Crippen LogP contribution in [0.3, 0.4) is 0 Å². The zero-order valence-electron chi connectivity index (χ0n) is 16.1. The number of hydrogen-bond donors (Lipinski definition) is 2. The van der Waals surface area contributed by atoms with Crippen LogP contribution in [0.5, 0.6) is 5.75 Å². The summed E-state index contributed by atoms with van der Waals surface area (Å²) in [5, 5.41) is 13.8. The molecule has 0 bridgehead atoms. The van der Waals surface area contributed by atoms with Crippen LogP contribution < -0.4 is 10.1 Å². The highest BCUT2D eigenvalue weighted by atomic mass is 32.2. The fraction of sp³-hybridized carbons (Fsp3) is 0.455. The third-order valence-electron chi connectivity index (χ3n) is 4.70. The molecule has 3 rings (SSSR count). The molecule has 27 heavy (non-hydrogen) atoms. The Bertz CT molecular complexity index is 704. The van der Waals surface area contributed by atoms with Gasteiger partial charge in [-0.2, -0.15) is 11.8 Å². The van der Waals surface area contributed by atoms with Gasteiger partial charge in [0.15, 0.2) is 0 Å². The van der Waals surface area contributed by atoms with Crippen LogP contribution in [-0.4, -0.2) is 53.9 Å². The van der Waals surface area contributed by atoms with Crippen molar-refractivity contribution in [2.24, 2.45) is 0 Å². The van der Waals surface area contributed by atoms with E-state index in [2.05, 4.69) is 47.5 Å². The van der Waals surface area contributed by atoms with E-state index in [1.54, 1.807) is 0 Å². The number of benzene rings is 2. The largest absolute Gasteiger partial charge is 0.491 e. The van der Waals surface area contributed by atoms with Crippen LogP contribution in [-0.2, 0) is 13.1 Å². The predicted octanol–water partition coefficient (Wildman–Crippen LogP) is 3.07. The number of ether oxygens (including phenoxy) is 1. The van der Waals surface area contributed by atoms with E-state index in [0.29, 0.717) is 13.2 Å². The number of aliphatic hydroxyl groups is 1. The van der Waals surface area contributed by atoms with Crippen molar-refractivity contribution < 1.29 is 9.84 Å². The quantitative estimate of drug-likeness (QED) is 0.693. The number of β-amino-alcohol motifs (C(OH)–C–C–N with tert-alkyl or cyclic N) is 1. The first kappa shape index (κ1) is 20.2. The van der Waals surface area contributed by atoms with Crippen LogP contribution in [0.15, 0.2) is 48.5 Å². The monoisotopic (exact) mass is 386 g/mol. The third kappa shape index (κ3) is 6.85. The summed E-state index contributed by atoms with van der Waals surface area (Å²) >= 11 is 1.98. The summed E-state index contributed by atoms with van der Waals surface area (Å²) in [6.45, 7) is 6.81. The van der Waals surface area contributed by atoms with Gasteiger partial charge in [0.25, 0.3) is 0 Å². The molecule has 2 aromatic rings. The van der Waals surface area contributed by atoms with Crippen molar-refractivity contribution in [3.63, 3.8) is 0 Å². The van der Waals surface area contributed by atoms with E-state index in [1.807, 2.05) is 30.0 Å². The molecule has 1 aliphatic heterocycles. The minimum Gasteiger partial charge on any atom is -0.491 e. The number of hydrogen-bond acceptors (Lipinski definition) is 5. The molecule has 0 amide bonds. The highest BCUT2D eigenvalue weighted by molar-refractivity contribution is 7.99. The van der Waals surface area contributed by atoms with E-state index in [0.717, 1.165) is 49.0 Å². The second-order valence-electron chi connectivity index (χ2n) is 7.08. The highest BCUT2D eigenvalue weighted by Gasteiger charge is 2.15. The number of nitrogens with one attached hydrogen (secondary N) is 1. The Hall–Kier alpha value is -1.53. The van der Waals surface area contributed by atoms with Gasteiger partial charge >= 0.3 is 0 Å². The van der Waals surface area contributed by atoms with Crippen LogP contribution >= 0.6 is 11.8 Å². The molecule has 0 aromatic heterocycles. The van der Waals surface area contributed by atoms with E-state index < -0.39 is 6.10 Å². The van der Waals surface area contributed by atoms with Gasteiger partial charge in [-0.3, -0.25) is 4.90 Å². The van der Waals surface area contributed by atoms with Crippen molar-refractivity contribution in [2.75, 3.05) is 37.7 Å². The Morgan fingerprint density at radius 3 is 2.74 bits per heavy atom. The van der Waals surface area contributed by atoms with Gasteiger partial charge in [-0.25, -0.2) is 0 Å². The molecule has 146 valence electrons. The first-order chi connectivity index (χ1) is 13.2. The first-order valence-corrected chi connectivity index (χ1v) is 10.8. The maximum Gasteiger partial charge on any atom is 0.123 e. The lowest BCUT2D eigenvalue weighted by Crippen LogP contribution is -2.40. The fourth-order valence-corrected chi connectivity index (χ4v) is 4.25.